The van der Waals surface area contributed by atoms with Crippen LogP contribution in [0.5, 0.6) is 0 Å². The molecular formula is C48H42N2O. The van der Waals surface area contributed by atoms with Gasteiger partial charge in [-0.25, -0.2) is 4.98 Å². The molecule has 0 radical (unpaired) electrons. The van der Waals surface area contributed by atoms with Gasteiger partial charge in [-0.2, -0.15) is 0 Å². The molecule has 0 aliphatic carbocycles. The van der Waals surface area contributed by atoms with E-state index in [1.165, 1.54) is 38.7 Å². The second-order valence-electron chi connectivity index (χ2n) is 14.8. The largest absolute Gasteiger partial charge is 0.455 e. The Bertz CT molecular complexity index is 2800. The molecule has 0 N–H and O–H groups in total. The maximum absolute atomic E-state index is 9.26. The van der Waals surface area contributed by atoms with E-state index in [2.05, 4.69) is 160 Å². The number of hydrogen-bond acceptors (Lipinski definition) is 2. The van der Waals surface area contributed by atoms with Crippen LogP contribution >= 0.6 is 0 Å². The van der Waals surface area contributed by atoms with Crippen molar-refractivity contribution in [3.8, 4) is 28.2 Å². The first kappa shape index (κ1) is 30.2. The molecule has 0 saturated heterocycles. The van der Waals surface area contributed by atoms with Crippen molar-refractivity contribution in [1.29, 1.82) is 0 Å². The first-order valence-corrected chi connectivity index (χ1v) is 18.1. The Balaban J connectivity index is 1.40. The molecule has 0 atom stereocenters. The summed E-state index contributed by atoms with van der Waals surface area (Å²) in [5, 5.41) is 6.72. The van der Waals surface area contributed by atoms with Crippen LogP contribution in [0.2, 0.25) is 0 Å². The molecule has 0 bridgehead atoms. The standard InChI is InChI=1S/C48H42N2O/c1-28(2)35-22-23-37(47-45(35)41-24-33-21-20-32-16-10-11-17-36(32)40(33)27-44(41)51-47)48-49-42-18-12-13-19-43(42)50(48)46-38(29(3)4)25-34(26-39(46)30(5)6)31-14-8-7-9-15-31/h7-30H,1-6H3/i28D. The summed E-state index contributed by atoms with van der Waals surface area (Å²) in [4.78, 5) is 5.41. The monoisotopic (exact) mass is 663 g/mol. The zero-order valence-electron chi connectivity index (χ0n) is 31.1. The quantitative estimate of drug-likeness (QED) is 0.166. The van der Waals surface area contributed by atoms with Gasteiger partial charge < -0.3 is 4.42 Å². The molecule has 2 heterocycles. The second kappa shape index (κ2) is 12.0. The zero-order chi connectivity index (χ0) is 35.9. The maximum Gasteiger partial charge on any atom is 0.149 e. The van der Waals surface area contributed by atoms with Crippen LogP contribution in [0.3, 0.4) is 0 Å². The average Bonchev–Trinajstić information content (AvgIpc) is 3.71. The molecule has 7 aromatic carbocycles. The number of rotatable bonds is 6. The third kappa shape index (κ3) is 4.98. The van der Waals surface area contributed by atoms with Crippen LogP contribution in [0.4, 0.5) is 0 Å². The van der Waals surface area contributed by atoms with Gasteiger partial charge in [-0.3, -0.25) is 4.57 Å². The summed E-state index contributed by atoms with van der Waals surface area (Å²) in [6, 6.07) is 45.5. The van der Waals surface area contributed by atoms with E-state index < -0.39 is 5.89 Å². The Hall–Kier alpha value is -5.67. The molecule has 0 aliphatic rings. The molecule has 0 amide bonds. The van der Waals surface area contributed by atoms with Crippen LogP contribution in [0.15, 0.2) is 132 Å². The third-order valence-corrected chi connectivity index (χ3v) is 10.6. The molecule has 2 aromatic heterocycles. The first-order valence-electron chi connectivity index (χ1n) is 18.6. The minimum atomic E-state index is -0.852. The van der Waals surface area contributed by atoms with Crippen molar-refractivity contribution in [3.05, 3.63) is 144 Å². The van der Waals surface area contributed by atoms with E-state index in [1.807, 2.05) is 13.8 Å². The van der Waals surface area contributed by atoms with Gasteiger partial charge in [0.25, 0.3) is 0 Å². The summed E-state index contributed by atoms with van der Waals surface area (Å²) >= 11 is 0. The van der Waals surface area contributed by atoms with Crippen LogP contribution in [-0.4, -0.2) is 9.55 Å². The predicted octanol–water partition coefficient (Wildman–Crippen LogP) is 13.9. The Labute approximate surface area is 300 Å². The molecule has 9 aromatic rings. The van der Waals surface area contributed by atoms with Gasteiger partial charge in [0.15, 0.2) is 0 Å². The summed E-state index contributed by atoms with van der Waals surface area (Å²) in [5.41, 5.74) is 11.6. The second-order valence-corrected chi connectivity index (χ2v) is 14.8. The summed E-state index contributed by atoms with van der Waals surface area (Å²) in [7, 11) is 0. The molecule has 0 unspecified atom stereocenters. The van der Waals surface area contributed by atoms with Crippen molar-refractivity contribution >= 4 is 54.5 Å². The van der Waals surface area contributed by atoms with Crippen molar-refractivity contribution in [2.24, 2.45) is 0 Å². The number of benzene rings is 7. The zero-order valence-corrected chi connectivity index (χ0v) is 30.1. The number of aromatic nitrogens is 2. The summed E-state index contributed by atoms with van der Waals surface area (Å²) in [6.07, 6.45) is 0. The van der Waals surface area contributed by atoms with Crippen molar-refractivity contribution < 1.29 is 5.79 Å². The number of nitrogens with zero attached hydrogens (tertiary/aromatic N) is 2. The topological polar surface area (TPSA) is 31.0 Å². The van der Waals surface area contributed by atoms with Crippen molar-refractivity contribution in [2.75, 3.05) is 0 Å². The van der Waals surface area contributed by atoms with Gasteiger partial charge in [0.2, 0.25) is 0 Å². The van der Waals surface area contributed by atoms with E-state index >= 15 is 0 Å². The highest BCUT2D eigenvalue weighted by molar-refractivity contribution is 6.18. The van der Waals surface area contributed by atoms with E-state index in [0.29, 0.717) is 0 Å². The molecule has 0 spiro atoms. The molecule has 9 rings (SSSR count). The highest BCUT2D eigenvalue weighted by Crippen LogP contribution is 2.45. The lowest BCUT2D eigenvalue weighted by atomic mass is 9.88. The summed E-state index contributed by atoms with van der Waals surface area (Å²) in [5.74, 6) is 0.496. The van der Waals surface area contributed by atoms with Gasteiger partial charge in [0.05, 0.1) is 22.3 Å². The Kier molecular flexibility index (Phi) is 7.09. The van der Waals surface area contributed by atoms with Crippen LogP contribution in [-0.2, 0) is 0 Å². The number of imidazole rings is 1. The van der Waals surface area contributed by atoms with Crippen LogP contribution < -0.4 is 0 Å². The fourth-order valence-electron chi connectivity index (χ4n) is 8.02. The molecule has 3 heteroatoms. The van der Waals surface area contributed by atoms with E-state index in [1.54, 1.807) is 0 Å². The molecular weight excluding hydrogens is 621 g/mol. The minimum Gasteiger partial charge on any atom is -0.455 e. The molecule has 0 fully saturated rings. The number of hydrogen-bond donors (Lipinski definition) is 0. The van der Waals surface area contributed by atoms with Crippen molar-refractivity contribution in [1.82, 2.24) is 9.55 Å². The van der Waals surface area contributed by atoms with E-state index in [4.69, 9.17) is 9.40 Å². The van der Waals surface area contributed by atoms with Gasteiger partial charge in [0.1, 0.15) is 17.0 Å². The van der Waals surface area contributed by atoms with Crippen molar-refractivity contribution in [3.63, 3.8) is 0 Å². The molecule has 250 valence electrons. The number of fused-ring (bicyclic) bond motifs is 7. The van der Waals surface area contributed by atoms with Crippen LogP contribution in [0.1, 0.15) is 77.3 Å². The number of para-hydroxylation sites is 2. The van der Waals surface area contributed by atoms with Crippen LogP contribution in [0, 0.1) is 0 Å². The van der Waals surface area contributed by atoms with E-state index in [-0.39, 0.29) is 11.8 Å². The third-order valence-electron chi connectivity index (χ3n) is 10.6. The van der Waals surface area contributed by atoms with Gasteiger partial charge in [-0.1, -0.05) is 126 Å². The minimum absolute atomic E-state index is 0.255. The summed E-state index contributed by atoms with van der Waals surface area (Å²) < 4.78 is 18.7. The van der Waals surface area contributed by atoms with Gasteiger partial charge in [0, 0.05) is 12.1 Å². The Morgan fingerprint density at radius 1 is 0.588 bits per heavy atom. The SMILES string of the molecule is [2H]C(C)(C)c1ccc(-c2nc3ccccc3n2-c2c(C(C)C)cc(-c3ccccc3)cc2C(C)C)c2oc3cc4c(ccc5ccccc54)cc3c12. The van der Waals surface area contributed by atoms with Crippen molar-refractivity contribution in [2.45, 2.75) is 59.3 Å². The normalized spacial score (nSPS) is 12.7. The van der Waals surface area contributed by atoms with Crippen LogP contribution in [0.25, 0.3) is 82.7 Å². The lowest BCUT2D eigenvalue weighted by Gasteiger charge is -2.24. The molecule has 0 saturated carbocycles. The van der Waals surface area contributed by atoms with Gasteiger partial charge in [-0.15, -0.1) is 0 Å². The average molecular weight is 664 g/mol. The van der Waals surface area contributed by atoms with E-state index in [9.17, 15) is 1.37 Å². The lowest BCUT2D eigenvalue weighted by Crippen LogP contribution is -2.09. The molecule has 51 heavy (non-hydrogen) atoms. The Morgan fingerprint density at radius 3 is 2.02 bits per heavy atom. The number of furan rings is 1. The highest BCUT2D eigenvalue weighted by Gasteiger charge is 2.26. The van der Waals surface area contributed by atoms with E-state index in [0.717, 1.165) is 60.7 Å². The molecule has 3 nitrogen and oxygen atoms in total. The first-order chi connectivity index (χ1) is 25.1. The van der Waals surface area contributed by atoms with Gasteiger partial charge >= 0.3 is 0 Å². The fraction of sp³-hybridized carbons (Fsp3) is 0.188. The Morgan fingerprint density at radius 2 is 1.27 bits per heavy atom. The fourth-order valence-corrected chi connectivity index (χ4v) is 8.02. The lowest BCUT2D eigenvalue weighted by molar-refractivity contribution is 0.669. The highest BCUT2D eigenvalue weighted by atomic mass is 16.3. The molecule has 0 aliphatic heterocycles. The smallest absolute Gasteiger partial charge is 0.149 e. The predicted molar refractivity (Wildman–Crippen MR) is 216 cm³/mol. The van der Waals surface area contributed by atoms with Gasteiger partial charge in [-0.05, 0) is 110 Å². The summed E-state index contributed by atoms with van der Waals surface area (Å²) in [6.45, 7) is 13.1. The maximum atomic E-state index is 9.26.